The number of hydrogen-bond donors (Lipinski definition) is 1. The highest BCUT2D eigenvalue weighted by Gasteiger charge is 2.35. The number of ether oxygens (including phenoxy) is 1. The van der Waals surface area contributed by atoms with E-state index < -0.39 is 10.0 Å². The lowest BCUT2D eigenvalue weighted by Gasteiger charge is -2.31. The predicted octanol–water partition coefficient (Wildman–Crippen LogP) is 2.34. The summed E-state index contributed by atoms with van der Waals surface area (Å²) >= 11 is 3.40. The van der Waals surface area contributed by atoms with E-state index in [0.717, 1.165) is 16.5 Å². The molecule has 4 nitrogen and oxygen atoms in total. The summed E-state index contributed by atoms with van der Waals surface area (Å²) in [7, 11) is -3.25. The van der Waals surface area contributed by atoms with Gasteiger partial charge in [0, 0.05) is 23.5 Å². The molecule has 1 saturated heterocycles. The maximum absolute atomic E-state index is 12.3. The normalized spacial score (nSPS) is 23.7. The number of halogens is 1. The van der Waals surface area contributed by atoms with Gasteiger partial charge in [0.25, 0.3) is 0 Å². The summed E-state index contributed by atoms with van der Waals surface area (Å²) in [5, 5.41) is -0.361. The van der Waals surface area contributed by atoms with E-state index in [9.17, 15) is 8.42 Å². The second-order valence-electron chi connectivity index (χ2n) is 5.04. The number of sulfonamides is 1. The van der Waals surface area contributed by atoms with Crippen LogP contribution in [0.25, 0.3) is 0 Å². The maximum atomic E-state index is 12.3. The van der Waals surface area contributed by atoms with E-state index in [2.05, 4.69) is 20.7 Å². The van der Waals surface area contributed by atoms with Gasteiger partial charge in [-0.15, -0.1) is 0 Å². The highest BCUT2D eigenvalue weighted by molar-refractivity contribution is 9.10. The van der Waals surface area contributed by atoms with E-state index in [1.54, 1.807) is 6.92 Å². The van der Waals surface area contributed by atoms with Crippen LogP contribution < -0.4 is 4.72 Å². The molecule has 0 saturated carbocycles. The second-order valence-corrected chi connectivity index (χ2v) is 7.94. The lowest BCUT2D eigenvalue weighted by molar-refractivity contribution is 0.0570. The maximum Gasteiger partial charge on any atom is 0.214 e. The average molecular weight is 362 g/mol. The Morgan fingerprint density at radius 2 is 2.05 bits per heavy atom. The SMILES string of the molecule is CCNS(=O)(=O)[C@@H]1CCOC[C@@H]1Cc1ccc(Br)cc1. The summed E-state index contributed by atoms with van der Waals surface area (Å²) in [5.74, 6) is 0.00831. The molecule has 1 aromatic rings. The van der Waals surface area contributed by atoms with Gasteiger partial charge in [0.1, 0.15) is 0 Å². The molecule has 0 aliphatic carbocycles. The van der Waals surface area contributed by atoms with Crippen molar-refractivity contribution in [3.8, 4) is 0 Å². The molecule has 1 aliphatic heterocycles. The summed E-state index contributed by atoms with van der Waals surface area (Å²) in [4.78, 5) is 0. The molecule has 112 valence electrons. The molecule has 2 rings (SSSR count). The number of nitrogens with one attached hydrogen (secondary N) is 1. The summed E-state index contributed by atoms with van der Waals surface area (Å²) < 4.78 is 33.7. The van der Waals surface area contributed by atoms with Crippen LogP contribution in [0.5, 0.6) is 0 Å². The number of benzene rings is 1. The molecule has 0 bridgehead atoms. The van der Waals surface area contributed by atoms with Gasteiger partial charge in [-0.2, -0.15) is 0 Å². The average Bonchev–Trinajstić information content (AvgIpc) is 2.42. The van der Waals surface area contributed by atoms with Crippen LogP contribution in [-0.2, 0) is 21.2 Å². The molecule has 1 aliphatic rings. The first-order valence-electron chi connectivity index (χ1n) is 6.83. The van der Waals surface area contributed by atoms with E-state index in [-0.39, 0.29) is 11.2 Å². The molecule has 1 N–H and O–H groups in total. The highest BCUT2D eigenvalue weighted by Crippen LogP contribution is 2.25. The van der Waals surface area contributed by atoms with Crippen molar-refractivity contribution >= 4 is 26.0 Å². The summed E-state index contributed by atoms with van der Waals surface area (Å²) in [6.45, 7) is 3.27. The molecule has 2 atom stereocenters. The van der Waals surface area contributed by atoms with Gasteiger partial charge < -0.3 is 4.74 Å². The minimum Gasteiger partial charge on any atom is -0.381 e. The van der Waals surface area contributed by atoms with E-state index >= 15 is 0 Å². The molecule has 0 aromatic heterocycles. The summed E-state index contributed by atoms with van der Waals surface area (Å²) in [5.41, 5.74) is 1.14. The van der Waals surface area contributed by atoms with Gasteiger partial charge in [0.15, 0.2) is 0 Å². The Hall–Kier alpha value is -0.430. The van der Waals surface area contributed by atoms with Gasteiger partial charge in [-0.1, -0.05) is 35.0 Å². The Balaban J connectivity index is 2.13. The Labute approximate surface area is 129 Å². The summed E-state index contributed by atoms with van der Waals surface area (Å²) in [6, 6.07) is 8.00. The van der Waals surface area contributed by atoms with Crippen molar-refractivity contribution in [2.75, 3.05) is 19.8 Å². The fourth-order valence-electron chi connectivity index (χ4n) is 2.61. The van der Waals surface area contributed by atoms with E-state index in [0.29, 0.717) is 26.2 Å². The van der Waals surface area contributed by atoms with Gasteiger partial charge in [0.05, 0.1) is 11.9 Å². The van der Waals surface area contributed by atoms with Gasteiger partial charge in [-0.05, 0) is 30.5 Å². The van der Waals surface area contributed by atoms with Crippen LogP contribution in [0.15, 0.2) is 28.7 Å². The monoisotopic (exact) mass is 361 g/mol. The Morgan fingerprint density at radius 3 is 2.70 bits per heavy atom. The third-order valence-corrected chi connectivity index (χ3v) is 6.20. The molecule has 0 amide bonds. The minimum atomic E-state index is -3.25. The highest BCUT2D eigenvalue weighted by atomic mass is 79.9. The minimum absolute atomic E-state index is 0.00831. The Kier molecular flexibility index (Phi) is 5.60. The van der Waals surface area contributed by atoms with Crippen molar-refractivity contribution in [3.63, 3.8) is 0 Å². The molecule has 1 heterocycles. The van der Waals surface area contributed by atoms with E-state index in [1.165, 1.54) is 0 Å². The lowest BCUT2D eigenvalue weighted by Crippen LogP contribution is -2.44. The smallest absolute Gasteiger partial charge is 0.214 e. The third kappa shape index (κ3) is 4.04. The van der Waals surface area contributed by atoms with Crippen LogP contribution in [-0.4, -0.2) is 33.4 Å². The van der Waals surface area contributed by atoms with Crippen LogP contribution in [0.4, 0.5) is 0 Å². The van der Waals surface area contributed by atoms with Crippen LogP contribution >= 0.6 is 15.9 Å². The van der Waals surface area contributed by atoms with Crippen LogP contribution in [0.2, 0.25) is 0 Å². The molecule has 0 radical (unpaired) electrons. The molecule has 20 heavy (non-hydrogen) atoms. The molecule has 0 spiro atoms. The van der Waals surface area contributed by atoms with Crippen LogP contribution in [0.1, 0.15) is 18.9 Å². The van der Waals surface area contributed by atoms with Crippen molar-refractivity contribution in [1.29, 1.82) is 0 Å². The van der Waals surface area contributed by atoms with Crippen LogP contribution in [0, 0.1) is 5.92 Å². The molecule has 1 fully saturated rings. The fraction of sp³-hybridized carbons (Fsp3) is 0.571. The van der Waals surface area contributed by atoms with Gasteiger partial charge in [-0.25, -0.2) is 13.1 Å². The fourth-order valence-corrected chi connectivity index (χ4v) is 4.58. The van der Waals surface area contributed by atoms with Crippen molar-refractivity contribution in [1.82, 2.24) is 4.72 Å². The van der Waals surface area contributed by atoms with E-state index in [1.807, 2.05) is 24.3 Å². The molecule has 1 aromatic carbocycles. The molecular weight excluding hydrogens is 342 g/mol. The lowest BCUT2D eigenvalue weighted by atomic mass is 9.94. The Morgan fingerprint density at radius 1 is 1.35 bits per heavy atom. The van der Waals surface area contributed by atoms with Crippen molar-refractivity contribution < 1.29 is 13.2 Å². The first-order valence-corrected chi connectivity index (χ1v) is 9.17. The zero-order valence-electron chi connectivity index (χ0n) is 11.5. The zero-order chi connectivity index (χ0) is 14.6. The summed E-state index contributed by atoms with van der Waals surface area (Å²) in [6.07, 6.45) is 1.29. The Bertz CT molecular complexity index is 530. The van der Waals surface area contributed by atoms with Crippen molar-refractivity contribution in [2.45, 2.75) is 25.0 Å². The van der Waals surface area contributed by atoms with Crippen LogP contribution in [0.3, 0.4) is 0 Å². The van der Waals surface area contributed by atoms with Crippen molar-refractivity contribution in [3.05, 3.63) is 34.3 Å². The van der Waals surface area contributed by atoms with Gasteiger partial charge in [0.2, 0.25) is 10.0 Å². The second kappa shape index (κ2) is 7.02. The number of hydrogen-bond acceptors (Lipinski definition) is 3. The third-order valence-electron chi connectivity index (χ3n) is 3.56. The topological polar surface area (TPSA) is 55.4 Å². The first-order chi connectivity index (χ1) is 9.53. The molecular formula is C14H20BrNO3S. The first kappa shape index (κ1) is 15.9. The quantitative estimate of drug-likeness (QED) is 0.875. The molecule has 6 heteroatoms. The largest absolute Gasteiger partial charge is 0.381 e. The van der Waals surface area contributed by atoms with E-state index in [4.69, 9.17) is 4.74 Å². The zero-order valence-corrected chi connectivity index (χ0v) is 13.9. The van der Waals surface area contributed by atoms with Crippen molar-refractivity contribution in [2.24, 2.45) is 5.92 Å². The number of rotatable bonds is 5. The predicted molar refractivity (Wildman–Crippen MR) is 83.2 cm³/mol. The van der Waals surface area contributed by atoms with Gasteiger partial charge in [-0.3, -0.25) is 0 Å². The molecule has 0 unspecified atom stereocenters. The van der Waals surface area contributed by atoms with Gasteiger partial charge >= 0.3 is 0 Å². The standard InChI is InChI=1S/C14H20BrNO3S/c1-2-16-20(17,18)14-7-8-19-10-12(14)9-11-3-5-13(15)6-4-11/h3-6,12,14,16H,2,7-10H2,1H3/t12-,14+/m0/s1.